The predicted octanol–water partition coefficient (Wildman–Crippen LogP) is 3.31. The van der Waals surface area contributed by atoms with Crippen LogP contribution in [0.15, 0.2) is 41.1 Å². The Morgan fingerprint density at radius 3 is 2.75 bits per heavy atom. The smallest absolute Gasteiger partial charge is 0.271 e. The third-order valence-electron chi connectivity index (χ3n) is 2.67. The summed E-state index contributed by atoms with van der Waals surface area (Å²) in [5.41, 5.74) is 1.51. The van der Waals surface area contributed by atoms with E-state index in [1.807, 2.05) is 0 Å². The maximum Gasteiger partial charge on any atom is 0.271 e. The number of anilines is 1. The second kappa shape index (κ2) is 5.79. The fourth-order valence-corrected chi connectivity index (χ4v) is 1.96. The lowest BCUT2D eigenvalue weighted by Gasteiger charge is -2.08. The first-order valence-corrected chi connectivity index (χ1v) is 6.44. The van der Waals surface area contributed by atoms with Crippen molar-refractivity contribution >= 4 is 33.2 Å². The number of halogens is 1. The first-order chi connectivity index (χ1) is 9.47. The lowest BCUT2D eigenvalue weighted by Crippen LogP contribution is -2.13. The standard InChI is InChI=1S/C13H10BrN3O3/c1-8-2-3-10(17(19)20)7-11(8)16-13(18)9-4-5-15-12(14)6-9/h2-7H,1H3,(H,16,18). The van der Waals surface area contributed by atoms with E-state index in [-0.39, 0.29) is 11.6 Å². The van der Waals surface area contributed by atoms with Crippen LogP contribution in [0.2, 0.25) is 0 Å². The number of nitro benzene ring substituents is 1. The van der Waals surface area contributed by atoms with Crippen molar-refractivity contribution < 1.29 is 9.72 Å². The number of nitro groups is 1. The molecule has 0 unspecified atom stereocenters. The van der Waals surface area contributed by atoms with Gasteiger partial charge in [0.2, 0.25) is 0 Å². The van der Waals surface area contributed by atoms with Crippen LogP contribution in [0.4, 0.5) is 11.4 Å². The molecule has 7 heteroatoms. The van der Waals surface area contributed by atoms with E-state index in [2.05, 4.69) is 26.2 Å². The van der Waals surface area contributed by atoms with Crippen molar-refractivity contribution in [2.75, 3.05) is 5.32 Å². The van der Waals surface area contributed by atoms with Crippen LogP contribution in [0, 0.1) is 17.0 Å². The van der Waals surface area contributed by atoms with Gasteiger partial charge in [-0.2, -0.15) is 0 Å². The van der Waals surface area contributed by atoms with Crippen LogP contribution in [0.1, 0.15) is 15.9 Å². The van der Waals surface area contributed by atoms with Crippen molar-refractivity contribution in [3.63, 3.8) is 0 Å². The molecule has 1 aromatic carbocycles. The molecule has 0 bridgehead atoms. The Morgan fingerprint density at radius 2 is 2.10 bits per heavy atom. The fraction of sp³-hybridized carbons (Fsp3) is 0.0769. The number of nitrogens with zero attached hydrogens (tertiary/aromatic N) is 2. The van der Waals surface area contributed by atoms with Gasteiger partial charge in [-0.25, -0.2) is 4.98 Å². The quantitative estimate of drug-likeness (QED) is 0.529. The number of benzene rings is 1. The van der Waals surface area contributed by atoms with E-state index < -0.39 is 4.92 Å². The van der Waals surface area contributed by atoms with Crippen LogP contribution < -0.4 is 5.32 Å². The highest BCUT2D eigenvalue weighted by atomic mass is 79.9. The number of carbonyl (C=O) groups excluding carboxylic acids is 1. The van der Waals surface area contributed by atoms with E-state index in [0.29, 0.717) is 15.9 Å². The van der Waals surface area contributed by atoms with E-state index in [1.54, 1.807) is 25.1 Å². The maximum absolute atomic E-state index is 12.1. The normalized spacial score (nSPS) is 10.1. The number of aryl methyl sites for hydroxylation is 1. The summed E-state index contributed by atoms with van der Waals surface area (Å²) < 4.78 is 0.543. The molecule has 102 valence electrons. The Bertz CT molecular complexity index is 688. The molecule has 0 atom stereocenters. The molecule has 1 amide bonds. The van der Waals surface area contributed by atoms with E-state index >= 15 is 0 Å². The molecular formula is C13H10BrN3O3. The number of rotatable bonds is 3. The second-order valence-electron chi connectivity index (χ2n) is 4.08. The number of non-ortho nitro benzene ring substituents is 1. The van der Waals surface area contributed by atoms with Crippen LogP contribution in [0.3, 0.4) is 0 Å². The Balaban J connectivity index is 2.27. The first kappa shape index (κ1) is 14.1. The number of hydrogen-bond donors (Lipinski definition) is 1. The average Bonchev–Trinajstić information content (AvgIpc) is 2.41. The van der Waals surface area contributed by atoms with E-state index in [1.165, 1.54) is 18.3 Å². The van der Waals surface area contributed by atoms with Gasteiger partial charge in [-0.05, 0) is 40.5 Å². The molecule has 0 aliphatic heterocycles. The Labute approximate surface area is 123 Å². The molecule has 20 heavy (non-hydrogen) atoms. The summed E-state index contributed by atoms with van der Waals surface area (Å²) in [5.74, 6) is -0.350. The van der Waals surface area contributed by atoms with Crippen LogP contribution in [-0.4, -0.2) is 15.8 Å². The molecule has 0 aliphatic rings. The van der Waals surface area contributed by atoms with Crippen molar-refractivity contribution in [3.05, 3.63) is 62.4 Å². The number of carbonyl (C=O) groups is 1. The zero-order chi connectivity index (χ0) is 14.7. The molecule has 0 radical (unpaired) electrons. The third kappa shape index (κ3) is 3.18. The van der Waals surface area contributed by atoms with Gasteiger partial charge in [0.15, 0.2) is 0 Å². The molecule has 0 saturated heterocycles. The van der Waals surface area contributed by atoms with Crippen molar-refractivity contribution in [2.24, 2.45) is 0 Å². The average molecular weight is 336 g/mol. The third-order valence-corrected chi connectivity index (χ3v) is 3.10. The lowest BCUT2D eigenvalue weighted by molar-refractivity contribution is -0.384. The SMILES string of the molecule is Cc1ccc([N+](=O)[O-])cc1NC(=O)c1ccnc(Br)c1. The molecule has 2 rings (SSSR count). The maximum atomic E-state index is 12.1. The molecule has 1 aromatic heterocycles. The van der Waals surface area contributed by atoms with Crippen molar-refractivity contribution in [3.8, 4) is 0 Å². The summed E-state index contributed by atoms with van der Waals surface area (Å²) in [6, 6.07) is 7.46. The fourth-order valence-electron chi connectivity index (χ4n) is 1.60. The minimum atomic E-state index is -0.502. The van der Waals surface area contributed by atoms with Crippen molar-refractivity contribution in [1.29, 1.82) is 0 Å². The number of amides is 1. The van der Waals surface area contributed by atoms with Gasteiger partial charge in [0, 0.05) is 23.9 Å². The number of aromatic nitrogens is 1. The van der Waals surface area contributed by atoms with Crippen LogP contribution >= 0.6 is 15.9 Å². The number of hydrogen-bond acceptors (Lipinski definition) is 4. The summed E-state index contributed by atoms with van der Waals surface area (Å²) >= 11 is 3.18. The van der Waals surface area contributed by atoms with Gasteiger partial charge in [0.1, 0.15) is 4.60 Å². The number of nitrogens with one attached hydrogen (secondary N) is 1. The van der Waals surface area contributed by atoms with E-state index in [4.69, 9.17) is 0 Å². The monoisotopic (exact) mass is 335 g/mol. The van der Waals surface area contributed by atoms with Gasteiger partial charge in [-0.3, -0.25) is 14.9 Å². The molecule has 0 saturated carbocycles. The van der Waals surface area contributed by atoms with Gasteiger partial charge in [0.05, 0.1) is 10.6 Å². The molecule has 2 aromatic rings. The Kier molecular flexibility index (Phi) is 4.09. The Hall–Kier alpha value is -2.28. The topological polar surface area (TPSA) is 85.1 Å². The molecule has 1 heterocycles. The van der Waals surface area contributed by atoms with Crippen LogP contribution in [0.5, 0.6) is 0 Å². The summed E-state index contributed by atoms with van der Waals surface area (Å²) in [6.45, 7) is 1.77. The Morgan fingerprint density at radius 1 is 1.35 bits per heavy atom. The van der Waals surface area contributed by atoms with Gasteiger partial charge in [-0.15, -0.1) is 0 Å². The van der Waals surface area contributed by atoms with E-state index in [0.717, 1.165) is 5.56 Å². The summed E-state index contributed by atoms with van der Waals surface area (Å²) in [4.78, 5) is 26.2. The summed E-state index contributed by atoms with van der Waals surface area (Å²) in [7, 11) is 0. The number of pyridine rings is 1. The lowest BCUT2D eigenvalue weighted by atomic mass is 10.1. The molecule has 0 fully saturated rings. The van der Waals surface area contributed by atoms with Gasteiger partial charge in [-0.1, -0.05) is 6.07 Å². The molecule has 0 spiro atoms. The molecule has 0 aliphatic carbocycles. The highest BCUT2D eigenvalue weighted by molar-refractivity contribution is 9.10. The van der Waals surface area contributed by atoms with Gasteiger partial charge >= 0.3 is 0 Å². The zero-order valence-corrected chi connectivity index (χ0v) is 12.0. The van der Waals surface area contributed by atoms with E-state index in [9.17, 15) is 14.9 Å². The van der Waals surface area contributed by atoms with Crippen LogP contribution in [0.25, 0.3) is 0 Å². The highest BCUT2D eigenvalue weighted by Crippen LogP contribution is 2.22. The zero-order valence-electron chi connectivity index (χ0n) is 10.5. The minimum Gasteiger partial charge on any atom is -0.321 e. The second-order valence-corrected chi connectivity index (χ2v) is 4.89. The van der Waals surface area contributed by atoms with Gasteiger partial charge < -0.3 is 5.32 Å². The van der Waals surface area contributed by atoms with Crippen LogP contribution in [-0.2, 0) is 0 Å². The van der Waals surface area contributed by atoms with Gasteiger partial charge in [0.25, 0.3) is 11.6 Å². The minimum absolute atomic E-state index is 0.0678. The van der Waals surface area contributed by atoms with Crippen molar-refractivity contribution in [1.82, 2.24) is 4.98 Å². The molecule has 6 nitrogen and oxygen atoms in total. The summed E-state index contributed by atoms with van der Waals surface area (Å²) in [5, 5.41) is 13.4. The highest BCUT2D eigenvalue weighted by Gasteiger charge is 2.12. The largest absolute Gasteiger partial charge is 0.321 e. The molecule has 1 N–H and O–H groups in total. The predicted molar refractivity (Wildman–Crippen MR) is 77.7 cm³/mol. The first-order valence-electron chi connectivity index (χ1n) is 5.65. The van der Waals surface area contributed by atoms with Crippen molar-refractivity contribution in [2.45, 2.75) is 6.92 Å². The summed E-state index contributed by atoms with van der Waals surface area (Å²) in [6.07, 6.45) is 1.50. The molecular weight excluding hydrogens is 326 g/mol.